The van der Waals surface area contributed by atoms with Crippen LogP contribution in [0.3, 0.4) is 0 Å². The normalized spacial score (nSPS) is 12.3. The van der Waals surface area contributed by atoms with E-state index in [1.54, 1.807) is 0 Å². The molecule has 1 unspecified atom stereocenters. The maximum atomic E-state index is 11.0. The molecule has 1 aromatic rings. The third-order valence-corrected chi connectivity index (χ3v) is 2.62. The van der Waals surface area contributed by atoms with E-state index in [0.717, 1.165) is 5.75 Å². The van der Waals surface area contributed by atoms with E-state index in [1.165, 1.54) is 0 Å². The summed E-state index contributed by atoms with van der Waals surface area (Å²) in [6.07, 6.45) is 0.443. The summed E-state index contributed by atoms with van der Waals surface area (Å²) < 4.78 is 10.9. The number of rotatable bonds is 10. The number of aliphatic carboxylic acids is 1. The van der Waals surface area contributed by atoms with E-state index < -0.39 is 12.0 Å². The first-order valence-corrected chi connectivity index (χ1v) is 6.84. The van der Waals surface area contributed by atoms with Crippen LogP contribution < -0.4 is 10.1 Å². The van der Waals surface area contributed by atoms with Crippen molar-refractivity contribution in [3.63, 3.8) is 0 Å². The Balaban J connectivity index is 2.10. The molecule has 0 aliphatic heterocycles. The van der Waals surface area contributed by atoms with E-state index in [4.69, 9.17) is 14.6 Å². The van der Waals surface area contributed by atoms with Crippen molar-refractivity contribution < 1.29 is 19.4 Å². The quantitative estimate of drug-likeness (QED) is 0.641. The lowest BCUT2D eigenvalue weighted by Crippen LogP contribution is -2.41. The van der Waals surface area contributed by atoms with Crippen molar-refractivity contribution in [1.82, 2.24) is 5.32 Å². The summed E-state index contributed by atoms with van der Waals surface area (Å²) in [5.41, 5.74) is 0. The lowest BCUT2D eigenvalue weighted by Gasteiger charge is -2.17. The van der Waals surface area contributed by atoms with E-state index in [-0.39, 0.29) is 6.04 Å². The lowest BCUT2D eigenvalue weighted by molar-refractivity contribution is -0.140. The third kappa shape index (κ3) is 7.11. The molecular formula is C15H23NO4. The van der Waals surface area contributed by atoms with Gasteiger partial charge in [0.2, 0.25) is 0 Å². The number of ether oxygens (including phenoxy) is 2. The average molecular weight is 281 g/mol. The Bertz CT molecular complexity index is 381. The van der Waals surface area contributed by atoms with Gasteiger partial charge in [0, 0.05) is 12.6 Å². The van der Waals surface area contributed by atoms with Gasteiger partial charge in [0.05, 0.1) is 6.61 Å². The fraction of sp³-hybridized carbons (Fsp3) is 0.533. The number of nitrogens with one attached hydrogen (secondary N) is 1. The number of hydrogen-bond donors (Lipinski definition) is 2. The zero-order valence-electron chi connectivity index (χ0n) is 12.0. The number of benzene rings is 1. The Hall–Kier alpha value is -1.59. The van der Waals surface area contributed by atoms with Gasteiger partial charge in [-0.05, 0) is 18.6 Å². The van der Waals surface area contributed by atoms with Gasteiger partial charge in [0.15, 0.2) is 0 Å². The highest BCUT2D eigenvalue weighted by atomic mass is 16.5. The van der Waals surface area contributed by atoms with E-state index in [9.17, 15) is 4.79 Å². The summed E-state index contributed by atoms with van der Waals surface area (Å²) in [6, 6.07) is 9.08. The summed E-state index contributed by atoms with van der Waals surface area (Å²) in [4.78, 5) is 11.0. The van der Waals surface area contributed by atoms with Crippen LogP contribution in [0.4, 0.5) is 0 Å². The molecule has 5 nitrogen and oxygen atoms in total. The molecule has 0 fully saturated rings. The summed E-state index contributed by atoms with van der Waals surface area (Å²) in [7, 11) is 0. The number of carbonyl (C=O) groups is 1. The largest absolute Gasteiger partial charge is 0.491 e. The smallest absolute Gasteiger partial charge is 0.320 e. The lowest BCUT2D eigenvalue weighted by atomic mass is 10.2. The molecule has 1 rings (SSSR count). The molecule has 0 radical (unpaired) electrons. The highest BCUT2D eigenvalue weighted by Gasteiger charge is 2.17. The SMILES string of the molecule is CC(C)NC(CCOCCOc1ccccc1)C(=O)O. The van der Waals surface area contributed by atoms with Crippen molar-refractivity contribution in [3.05, 3.63) is 30.3 Å². The number of carboxylic acid groups (broad SMARTS) is 1. The van der Waals surface area contributed by atoms with Gasteiger partial charge >= 0.3 is 5.97 Å². The molecule has 20 heavy (non-hydrogen) atoms. The minimum atomic E-state index is -0.845. The van der Waals surface area contributed by atoms with Crippen LogP contribution in [0.2, 0.25) is 0 Å². The van der Waals surface area contributed by atoms with Crippen LogP contribution in [0.25, 0.3) is 0 Å². The van der Waals surface area contributed by atoms with Crippen LogP contribution in [0.5, 0.6) is 5.75 Å². The molecule has 2 N–H and O–H groups in total. The second kappa shape index (κ2) is 9.34. The zero-order valence-corrected chi connectivity index (χ0v) is 12.0. The zero-order chi connectivity index (χ0) is 14.8. The first-order valence-electron chi connectivity index (χ1n) is 6.84. The number of carboxylic acids is 1. The molecule has 0 bridgehead atoms. The fourth-order valence-electron chi connectivity index (χ4n) is 1.72. The van der Waals surface area contributed by atoms with Crippen molar-refractivity contribution in [2.75, 3.05) is 19.8 Å². The molecule has 0 aliphatic carbocycles. The summed E-state index contributed by atoms with van der Waals surface area (Å²) in [5, 5.41) is 12.0. The van der Waals surface area contributed by atoms with Gasteiger partial charge in [0.1, 0.15) is 18.4 Å². The topological polar surface area (TPSA) is 67.8 Å². The van der Waals surface area contributed by atoms with Gasteiger partial charge in [-0.25, -0.2) is 0 Å². The van der Waals surface area contributed by atoms with E-state index in [0.29, 0.717) is 26.2 Å². The maximum absolute atomic E-state index is 11.0. The summed E-state index contributed by atoms with van der Waals surface area (Å²) >= 11 is 0. The molecule has 0 heterocycles. The fourth-order valence-corrected chi connectivity index (χ4v) is 1.72. The molecule has 1 atom stereocenters. The maximum Gasteiger partial charge on any atom is 0.320 e. The predicted molar refractivity (Wildman–Crippen MR) is 77.1 cm³/mol. The van der Waals surface area contributed by atoms with Gasteiger partial charge in [-0.15, -0.1) is 0 Å². The average Bonchev–Trinajstić information content (AvgIpc) is 2.41. The number of para-hydroxylation sites is 1. The van der Waals surface area contributed by atoms with E-state index in [1.807, 2.05) is 44.2 Å². The van der Waals surface area contributed by atoms with Crippen molar-refractivity contribution in [1.29, 1.82) is 0 Å². The van der Waals surface area contributed by atoms with Crippen LogP contribution in [0, 0.1) is 0 Å². The van der Waals surface area contributed by atoms with Crippen molar-refractivity contribution in [3.8, 4) is 5.75 Å². The standard InChI is InChI=1S/C15H23NO4/c1-12(2)16-14(15(17)18)8-9-19-10-11-20-13-6-4-3-5-7-13/h3-7,12,14,16H,8-11H2,1-2H3,(H,17,18). The third-order valence-electron chi connectivity index (χ3n) is 2.62. The Morgan fingerprint density at radius 1 is 1.20 bits per heavy atom. The van der Waals surface area contributed by atoms with Gasteiger partial charge in [-0.2, -0.15) is 0 Å². The highest BCUT2D eigenvalue weighted by molar-refractivity contribution is 5.73. The second-order valence-electron chi connectivity index (χ2n) is 4.77. The van der Waals surface area contributed by atoms with Crippen molar-refractivity contribution >= 4 is 5.97 Å². The Morgan fingerprint density at radius 2 is 1.90 bits per heavy atom. The van der Waals surface area contributed by atoms with Crippen LogP contribution in [0.1, 0.15) is 20.3 Å². The molecule has 5 heteroatoms. The minimum absolute atomic E-state index is 0.137. The van der Waals surface area contributed by atoms with E-state index >= 15 is 0 Å². The molecule has 0 amide bonds. The Morgan fingerprint density at radius 3 is 2.50 bits per heavy atom. The molecule has 0 spiro atoms. The minimum Gasteiger partial charge on any atom is -0.491 e. The van der Waals surface area contributed by atoms with Gasteiger partial charge in [-0.3, -0.25) is 4.79 Å². The molecule has 0 saturated heterocycles. The molecule has 0 aliphatic rings. The second-order valence-corrected chi connectivity index (χ2v) is 4.77. The van der Waals surface area contributed by atoms with Gasteiger partial charge in [-0.1, -0.05) is 32.0 Å². The van der Waals surface area contributed by atoms with E-state index in [2.05, 4.69) is 5.32 Å². The summed E-state index contributed by atoms with van der Waals surface area (Å²) in [5.74, 6) is -0.0381. The van der Waals surface area contributed by atoms with Crippen LogP contribution in [0.15, 0.2) is 30.3 Å². The monoisotopic (exact) mass is 281 g/mol. The van der Waals surface area contributed by atoms with Crippen LogP contribution in [-0.4, -0.2) is 43.0 Å². The highest BCUT2D eigenvalue weighted by Crippen LogP contribution is 2.07. The first kappa shape index (κ1) is 16.5. The summed E-state index contributed by atoms with van der Waals surface area (Å²) in [6.45, 7) is 5.14. The van der Waals surface area contributed by atoms with Crippen molar-refractivity contribution in [2.45, 2.75) is 32.4 Å². The number of hydrogen-bond acceptors (Lipinski definition) is 4. The van der Waals surface area contributed by atoms with Gasteiger partial charge in [0.25, 0.3) is 0 Å². The molecule has 1 aromatic carbocycles. The van der Waals surface area contributed by atoms with Crippen LogP contribution in [-0.2, 0) is 9.53 Å². The molecular weight excluding hydrogens is 258 g/mol. The molecule has 0 saturated carbocycles. The van der Waals surface area contributed by atoms with Gasteiger partial charge < -0.3 is 19.9 Å². The van der Waals surface area contributed by atoms with Crippen LogP contribution >= 0.6 is 0 Å². The molecule has 0 aromatic heterocycles. The predicted octanol–water partition coefficient (Wildman–Crippen LogP) is 1.92. The van der Waals surface area contributed by atoms with Crippen molar-refractivity contribution in [2.24, 2.45) is 0 Å². The Kier molecular flexibility index (Phi) is 7.69. The Labute approximate surface area is 119 Å². The first-order chi connectivity index (χ1) is 9.59. The molecule has 112 valence electrons.